The van der Waals surface area contributed by atoms with Crippen LogP contribution in [0.15, 0.2) is 70.0 Å². The normalized spacial score (nSPS) is 11.6. The van der Waals surface area contributed by atoms with E-state index in [0.29, 0.717) is 16.8 Å². The average molecular weight is 282 g/mol. The first-order valence-corrected chi connectivity index (χ1v) is 6.18. The Morgan fingerprint density at radius 1 is 1.00 bits per heavy atom. The van der Waals surface area contributed by atoms with E-state index in [2.05, 4.69) is 20.2 Å². The Hall–Kier alpha value is -3.02. The summed E-state index contributed by atoms with van der Waals surface area (Å²) in [6.07, 6.45) is 0. The molecular formula is C15H14N4O2. The molecular weight excluding hydrogens is 268 g/mol. The lowest BCUT2D eigenvalue weighted by Gasteiger charge is -2.01. The number of carbonyl (C=O) groups is 1. The predicted molar refractivity (Wildman–Crippen MR) is 79.5 cm³/mol. The summed E-state index contributed by atoms with van der Waals surface area (Å²) in [4.78, 5) is 11.3. The zero-order valence-electron chi connectivity index (χ0n) is 11.4. The van der Waals surface area contributed by atoms with Crippen LogP contribution in [0.2, 0.25) is 0 Å². The molecule has 0 spiro atoms. The monoisotopic (exact) mass is 282 g/mol. The van der Waals surface area contributed by atoms with E-state index in [9.17, 15) is 4.79 Å². The molecule has 0 amide bonds. The van der Waals surface area contributed by atoms with Crippen LogP contribution in [0.1, 0.15) is 15.9 Å². The summed E-state index contributed by atoms with van der Waals surface area (Å²) in [7, 11) is 1.33. The van der Waals surface area contributed by atoms with Crippen molar-refractivity contribution in [1.82, 2.24) is 0 Å². The molecule has 2 N–H and O–H groups in total. The maximum absolute atomic E-state index is 11.3. The first kappa shape index (κ1) is 14.4. The third kappa shape index (κ3) is 3.97. The molecule has 0 unspecified atom stereocenters. The lowest BCUT2D eigenvalue weighted by atomic mass is 10.1. The minimum absolute atomic E-state index is 0.214. The Morgan fingerprint density at radius 3 is 2.24 bits per heavy atom. The number of methoxy groups -OCH3 is 1. The average Bonchev–Trinajstić information content (AvgIpc) is 2.55. The highest BCUT2D eigenvalue weighted by molar-refractivity contribution is 5.98. The van der Waals surface area contributed by atoms with Crippen LogP contribution in [0.25, 0.3) is 0 Å². The van der Waals surface area contributed by atoms with Gasteiger partial charge in [-0.1, -0.05) is 30.3 Å². The summed E-state index contributed by atoms with van der Waals surface area (Å²) >= 11 is 0. The quantitative estimate of drug-likeness (QED) is 0.307. The van der Waals surface area contributed by atoms with Gasteiger partial charge in [-0.15, -0.1) is 10.2 Å². The number of nitrogens with two attached hydrogens (primary N) is 1. The van der Waals surface area contributed by atoms with Crippen molar-refractivity contribution in [3.05, 3.63) is 65.7 Å². The van der Waals surface area contributed by atoms with Crippen molar-refractivity contribution in [3.8, 4) is 0 Å². The fourth-order valence-electron chi connectivity index (χ4n) is 1.57. The van der Waals surface area contributed by atoms with Crippen LogP contribution in [0.4, 0.5) is 5.69 Å². The molecule has 0 bridgehead atoms. The Labute approximate surface area is 122 Å². The molecule has 0 aliphatic rings. The van der Waals surface area contributed by atoms with Crippen molar-refractivity contribution in [3.63, 3.8) is 0 Å². The highest BCUT2D eigenvalue weighted by atomic mass is 16.5. The van der Waals surface area contributed by atoms with Crippen molar-refractivity contribution >= 4 is 17.5 Å². The summed E-state index contributed by atoms with van der Waals surface area (Å²) in [5, 5.41) is 11.4. The van der Waals surface area contributed by atoms with Crippen LogP contribution < -0.4 is 5.73 Å². The van der Waals surface area contributed by atoms with Gasteiger partial charge in [-0.2, -0.15) is 0 Å². The molecule has 21 heavy (non-hydrogen) atoms. The number of hydrogen-bond acceptors (Lipinski definition) is 4. The summed E-state index contributed by atoms with van der Waals surface area (Å²) in [6.45, 7) is 0. The summed E-state index contributed by atoms with van der Waals surface area (Å²) in [6, 6.07) is 15.8. The molecule has 2 aromatic rings. The van der Waals surface area contributed by atoms with Gasteiger partial charge in [0, 0.05) is 5.56 Å². The van der Waals surface area contributed by atoms with Gasteiger partial charge in [-0.25, -0.2) is 4.79 Å². The molecule has 0 fully saturated rings. The van der Waals surface area contributed by atoms with E-state index in [1.807, 2.05) is 18.2 Å². The van der Waals surface area contributed by atoms with Gasteiger partial charge in [-0.05, 0) is 29.5 Å². The zero-order chi connectivity index (χ0) is 15.1. The number of rotatable bonds is 4. The van der Waals surface area contributed by atoms with E-state index in [-0.39, 0.29) is 5.84 Å². The van der Waals surface area contributed by atoms with Crippen LogP contribution in [0.3, 0.4) is 0 Å². The molecule has 2 aromatic carbocycles. The summed E-state index contributed by atoms with van der Waals surface area (Å²) < 4.78 is 4.62. The third-order valence-corrected chi connectivity index (χ3v) is 2.67. The SMILES string of the molecule is COC(=O)c1ccc(/C(N)=N/N=Nc2ccccc2)cc1. The largest absolute Gasteiger partial charge is 0.465 e. The van der Waals surface area contributed by atoms with Gasteiger partial charge in [0.2, 0.25) is 0 Å². The smallest absolute Gasteiger partial charge is 0.337 e. The van der Waals surface area contributed by atoms with Gasteiger partial charge in [0.1, 0.15) is 0 Å². The first-order chi connectivity index (χ1) is 10.2. The van der Waals surface area contributed by atoms with Crippen LogP contribution in [0, 0.1) is 0 Å². The van der Waals surface area contributed by atoms with E-state index in [4.69, 9.17) is 5.73 Å². The van der Waals surface area contributed by atoms with E-state index in [1.165, 1.54) is 7.11 Å². The fourth-order valence-corrected chi connectivity index (χ4v) is 1.57. The summed E-state index contributed by atoms with van der Waals surface area (Å²) in [5.74, 6) is -0.188. The van der Waals surface area contributed by atoms with Gasteiger partial charge < -0.3 is 10.5 Å². The van der Waals surface area contributed by atoms with Crippen LogP contribution in [-0.2, 0) is 4.74 Å². The van der Waals surface area contributed by atoms with Gasteiger partial charge in [0.25, 0.3) is 0 Å². The second-order valence-electron chi connectivity index (χ2n) is 4.08. The molecule has 6 nitrogen and oxygen atoms in total. The van der Waals surface area contributed by atoms with E-state index >= 15 is 0 Å². The molecule has 0 radical (unpaired) electrons. The highest BCUT2D eigenvalue weighted by Gasteiger charge is 2.05. The minimum Gasteiger partial charge on any atom is -0.465 e. The molecule has 0 aromatic heterocycles. The van der Waals surface area contributed by atoms with Crippen LogP contribution >= 0.6 is 0 Å². The van der Waals surface area contributed by atoms with E-state index < -0.39 is 5.97 Å². The second kappa shape index (κ2) is 6.95. The predicted octanol–water partition coefficient (Wildman–Crippen LogP) is 2.88. The van der Waals surface area contributed by atoms with Crippen molar-refractivity contribution < 1.29 is 9.53 Å². The lowest BCUT2D eigenvalue weighted by Crippen LogP contribution is -2.13. The first-order valence-electron chi connectivity index (χ1n) is 6.18. The topological polar surface area (TPSA) is 89.4 Å². The highest BCUT2D eigenvalue weighted by Crippen LogP contribution is 2.10. The van der Waals surface area contributed by atoms with Crippen molar-refractivity contribution in [2.75, 3.05) is 7.11 Å². The van der Waals surface area contributed by atoms with Crippen LogP contribution in [0.5, 0.6) is 0 Å². The Balaban J connectivity index is 2.09. The summed E-state index contributed by atoms with van der Waals surface area (Å²) in [5.41, 5.74) is 7.58. The fraction of sp³-hybridized carbons (Fsp3) is 0.0667. The van der Waals surface area contributed by atoms with Gasteiger partial charge in [0.05, 0.1) is 18.4 Å². The number of benzene rings is 2. The minimum atomic E-state index is -0.402. The molecule has 106 valence electrons. The lowest BCUT2D eigenvalue weighted by molar-refractivity contribution is 0.0600. The number of carbonyl (C=O) groups excluding carboxylic acids is 1. The van der Waals surface area contributed by atoms with E-state index in [1.54, 1.807) is 36.4 Å². The molecule has 0 heterocycles. The third-order valence-electron chi connectivity index (χ3n) is 2.67. The molecule has 0 atom stereocenters. The maximum Gasteiger partial charge on any atom is 0.337 e. The van der Waals surface area contributed by atoms with Crippen molar-refractivity contribution in [2.45, 2.75) is 0 Å². The van der Waals surface area contributed by atoms with Gasteiger partial charge in [-0.3, -0.25) is 0 Å². The molecule has 0 aliphatic carbocycles. The Kier molecular flexibility index (Phi) is 4.76. The van der Waals surface area contributed by atoms with Gasteiger partial charge in [0.15, 0.2) is 5.84 Å². The Bertz CT molecular complexity index is 664. The van der Waals surface area contributed by atoms with Gasteiger partial charge >= 0.3 is 5.97 Å². The number of hydrogen-bond donors (Lipinski definition) is 1. The molecule has 0 aliphatic heterocycles. The maximum atomic E-state index is 11.3. The molecule has 2 rings (SSSR count). The van der Waals surface area contributed by atoms with Crippen molar-refractivity contribution in [2.24, 2.45) is 21.2 Å². The number of amidine groups is 1. The number of nitrogens with zero attached hydrogens (tertiary/aromatic N) is 3. The molecule has 0 saturated carbocycles. The van der Waals surface area contributed by atoms with E-state index in [0.717, 1.165) is 0 Å². The zero-order valence-corrected chi connectivity index (χ0v) is 11.4. The standard InChI is InChI=1S/C15H14N4O2/c1-21-15(20)12-9-7-11(8-10-12)14(16)18-19-17-13-5-3-2-4-6-13/h2-10H,1H3,(H2,16,17,18). The Morgan fingerprint density at radius 2 is 1.62 bits per heavy atom. The second-order valence-corrected chi connectivity index (χ2v) is 4.08. The molecule has 0 saturated heterocycles. The van der Waals surface area contributed by atoms with Crippen LogP contribution in [-0.4, -0.2) is 18.9 Å². The number of esters is 1. The molecule has 6 heteroatoms. The van der Waals surface area contributed by atoms with Crippen molar-refractivity contribution in [1.29, 1.82) is 0 Å². The number of ether oxygens (including phenoxy) is 1.